The van der Waals surface area contributed by atoms with Gasteiger partial charge in [0.15, 0.2) is 11.6 Å². The van der Waals surface area contributed by atoms with Gasteiger partial charge in [-0.3, -0.25) is 4.57 Å². The van der Waals surface area contributed by atoms with Crippen LogP contribution < -0.4 is 0 Å². The molecule has 0 aliphatic carbocycles. The fourth-order valence-corrected chi connectivity index (χ4v) is 8.67. The maximum atomic E-state index is 6.84. The van der Waals surface area contributed by atoms with Crippen LogP contribution in [0.5, 0.6) is 0 Å². The first-order chi connectivity index (χ1) is 28.3. The number of para-hydroxylation sites is 4. The van der Waals surface area contributed by atoms with Gasteiger partial charge in [0, 0.05) is 49.0 Å². The zero-order chi connectivity index (χ0) is 37.5. The maximum absolute atomic E-state index is 6.84. The molecule has 0 saturated carbocycles. The van der Waals surface area contributed by atoms with Gasteiger partial charge in [-0.25, -0.2) is 4.98 Å². The summed E-state index contributed by atoms with van der Waals surface area (Å²) in [5, 5.41) is 6.80. The zero-order valence-corrected chi connectivity index (χ0v) is 30.5. The van der Waals surface area contributed by atoms with Crippen LogP contribution >= 0.6 is 0 Å². The number of hydrogen-bond donors (Lipinski definition) is 0. The largest absolute Gasteiger partial charge is 0.455 e. The average Bonchev–Trinajstić information content (AvgIpc) is 3.94. The second-order valence-electron chi connectivity index (χ2n) is 14.4. The molecule has 0 amide bonds. The number of nitrogens with zero attached hydrogens (tertiary/aromatic N) is 5. The third kappa shape index (κ3) is 4.81. The Kier molecular flexibility index (Phi) is 6.83. The van der Waals surface area contributed by atoms with Crippen LogP contribution in [-0.2, 0) is 0 Å². The van der Waals surface area contributed by atoms with E-state index in [1.54, 1.807) is 0 Å². The van der Waals surface area contributed by atoms with E-state index in [1.807, 2.05) is 66.7 Å². The molecule has 266 valence electrons. The first-order valence-electron chi connectivity index (χ1n) is 19.1. The first kappa shape index (κ1) is 31.5. The van der Waals surface area contributed by atoms with Gasteiger partial charge in [-0.05, 0) is 54.1 Å². The zero-order valence-electron chi connectivity index (χ0n) is 30.5. The fraction of sp³-hybridized carbons (Fsp3) is 0. The molecule has 6 heteroatoms. The summed E-state index contributed by atoms with van der Waals surface area (Å²) in [6, 6.07) is 65.5. The van der Waals surface area contributed by atoms with E-state index in [9.17, 15) is 0 Å². The van der Waals surface area contributed by atoms with Crippen molar-refractivity contribution in [2.75, 3.05) is 0 Å². The molecular weight excluding hydrogens is 699 g/mol. The molecule has 12 rings (SSSR count). The normalized spacial score (nSPS) is 11.9. The van der Waals surface area contributed by atoms with Crippen molar-refractivity contribution in [1.82, 2.24) is 24.1 Å². The molecule has 0 saturated heterocycles. The summed E-state index contributed by atoms with van der Waals surface area (Å²) >= 11 is 0. The highest BCUT2D eigenvalue weighted by Gasteiger charge is 2.23. The number of hydrogen-bond acceptors (Lipinski definition) is 4. The molecule has 0 unspecified atom stereocenters. The average molecular weight is 730 g/mol. The summed E-state index contributed by atoms with van der Waals surface area (Å²) < 4.78 is 11.4. The van der Waals surface area contributed by atoms with Crippen molar-refractivity contribution in [1.29, 1.82) is 0 Å². The highest BCUT2D eigenvalue weighted by atomic mass is 16.3. The van der Waals surface area contributed by atoms with Crippen LogP contribution in [0.25, 0.3) is 111 Å². The summed E-state index contributed by atoms with van der Waals surface area (Å²) in [6.07, 6.45) is 0. The molecule has 0 radical (unpaired) electrons. The van der Waals surface area contributed by atoms with Gasteiger partial charge in [0.2, 0.25) is 5.95 Å². The van der Waals surface area contributed by atoms with Gasteiger partial charge in [0.25, 0.3) is 0 Å². The molecule has 0 aliphatic heterocycles. The number of furan rings is 1. The van der Waals surface area contributed by atoms with Gasteiger partial charge in [-0.15, -0.1) is 0 Å². The molecule has 0 N–H and O–H groups in total. The van der Waals surface area contributed by atoms with Crippen LogP contribution in [0.2, 0.25) is 0 Å². The lowest BCUT2D eigenvalue weighted by molar-refractivity contribution is 0.670. The highest BCUT2D eigenvalue weighted by molar-refractivity contribution is 6.16. The van der Waals surface area contributed by atoms with Crippen molar-refractivity contribution >= 4 is 65.6 Å². The minimum Gasteiger partial charge on any atom is -0.455 e. The Bertz CT molecular complexity index is 3410. The Morgan fingerprint density at radius 3 is 1.49 bits per heavy atom. The Morgan fingerprint density at radius 1 is 0.351 bits per heavy atom. The smallest absolute Gasteiger partial charge is 0.238 e. The van der Waals surface area contributed by atoms with Crippen LogP contribution in [0.4, 0.5) is 0 Å². The molecule has 0 spiro atoms. The third-order valence-electron chi connectivity index (χ3n) is 11.2. The minimum atomic E-state index is 0.562. The predicted molar refractivity (Wildman–Crippen MR) is 232 cm³/mol. The predicted octanol–water partition coefficient (Wildman–Crippen LogP) is 13.0. The Morgan fingerprint density at radius 2 is 0.860 bits per heavy atom. The van der Waals surface area contributed by atoms with Crippen molar-refractivity contribution in [2.24, 2.45) is 0 Å². The van der Waals surface area contributed by atoms with Crippen molar-refractivity contribution in [3.8, 4) is 45.5 Å². The van der Waals surface area contributed by atoms with Gasteiger partial charge in [0.1, 0.15) is 11.2 Å². The van der Waals surface area contributed by atoms with Crippen molar-refractivity contribution in [3.05, 3.63) is 188 Å². The number of aromatic nitrogens is 5. The third-order valence-corrected chi connectivity index (χ3v) is 11.2. The molecule has 6 nitrogen and oxygen atoms in total. The van der Waals surface area contributed by atoms with E-state index in [-0.39, 0.29) is 0 Å². The summed E-state index contributed by atoms with van der Waals surface area (Å²) in [5.41, 5.74) is 11.0. The molecule has 0 bridgehead atoms. The SMILES string of the molecule is c1ccc(-c2nc(-c3ccccc3)nc(-n3c4ccccc4c4cc(-c5c(-n6c7ccccc7c7ccccc76)ccc6c5oc5ccccc56)ccc43)n2)cc1. The van der Waals surface area contributed by atoms with Gasteiger partial charge >= 0.3 is 0 Å². The Hall–Kier alpha value is -7.83. The summed E-state index contributed by atoms with van der Waals surface area (Å²) in [4.78, 5) is 15.3. The Balaban J connectivity index is 1.15. The van der Waals surface area contributed by atoms with Gasteiger partial charge < -0.3 is 8.98 Å². The maximum Gasteiger partial charge on any atom is 0.238 e. The van der Waals surface area contributed by atoms with E-state index in [1.165, 1.54) is 10.8 Å². The molecule has 0 fully saturated rings. The number of rotatable bonds is 5. The fourth-order valence-electron chi connectivity index (χ4n) is 8.67. The molecular formula is C51H31N5O. The molecule has 0 atom stereocenters. The van der Waals surface area contributed by atoms with Crippen LogP contribution in [0.15, 0.2) is 192 Å². The van der Waals surface area contributed by atoms with E-state index >= 15 is 0 Å². The standard InChI is InChI=1S/C51H31N5O/c1-3-15-32(16-4-1)49-52-50(33-17-5-2-6-18-33)54-51(53-49)56-43-25-13-9-21-37(43)40-31-34(27-29-44(40)56)47-45(30-28-39-38-22-10-14-26-46(38)57-48(39)47)55-41-23-11-7-19-35(41)36-20-8-12-24-42(36)55/h1-31H. The van der Waals surface area contributed by atoms with E-state index in [0.29, 0.717) is 17.6 Å². The second-order valence-corrected chi connectivity index (χ2v) is 14.4. The quantitative estimate of drug-likeness (QED) is 0.177. The van der Waals surface area contributed by atoms with Crippen molar-refractivity contribution in [3.63, 3.8) is 0 Å². The molecule has 4 heterocycles. The number of benzene rings is 8. The van der Waals surface area contributed by atoms with Crippen molar-refractivity contribution < 1.29 is 4.42 Å². The van der Waals surface area contributed by atoms with E-state index in [2.05, 4.69) is 130 Å². The summed E-state index contributed by atoms with van der Waals surface area (Å²) in [6.45, 7) is 0. The number of fused-ring (bicyclic) bond motifs is 9. The lowest BCUT2D eigenvalue weighted by Crippen LogP contribution is -2.06. The lowest BCUT2D eigenvalue weighted by Gasteiger charge is -2.15. The molecule has 0 aliphatic rings. The molecule has 8 aromatic carbocycles. The van der Waals surface area contributed by atoms with Gasteiger partial charge in [-0.1, -0.05) is 140 Å². The Labute approximate surface area is 326 Å². The van der Waals surface area contributed by atoms with E-state index in [0.717, 1.165) is 82.7 Å². The van der Waals surface area contributed by atoms with Crippen molar-refractivity contribution in [2.45, 2.75) is 0 Å². The van der Waals surface area contributed by atoms with Gasteiger partial charge in [0.05, 0.1) is 27.8 Å². The molecule has 12 aromatic rings. The van der Waals surface area contributed by atoms with E-state index < -0.39 is 0 Å². The van der Waals surface area contributed by atoms with Crippen LogP contribution in [0.3, 0.4) is 0 Å². The second kappa shape index (κ2) is 12.3. The first-order valence-corrected chi connectivity index (χ1v) is 19.1. The highest BCUT2D eigenvalue weighted by Crippen LogP contribution is 2.44. The van der Waals surface area contributed by atoms with Crippen LogP contribution in [-0.4, -0.2) is 24.1 Å². The van der Waals surface area contributed by atoms with E-state index in [4.69, 9.17) is 19.4 Å². The van der Waals surface area contributed by atoms with Crippen LogP contribution in [0, 0.1) is 0 Å². The summed E-state index contributed by atoms with van der Waals surface area (Å²) in [7, 11) is 0. The molecule has 4 aromatic heterocycles. The van der Waals surface area contributed by atoms with Crippen LogP contribution in [0.1, 0.15) is 0 Å². The molecule has 57 heavy (non-hydrogen) atoms. The topological polar surface area (TPSA) is 61.7 Å². The minimum absolute atomic E-state index is 0.562. The summed E-state index contributed by atoms with van der Waals surface area (Å²) in [5.74, 6) is 1.80. The lowest BCUT2D eigenvalue weighted by atomic mass is 9.98. The monoisotopic (exact) mass is 729 g/mol. The van der Waals surface area contributed by atoms with Gasteiger partial charge in [-0.2, -0.15) is 9.97 Å².